The molecule has 0 spiro atoms. The van der Waals surface area contributed by atoms with Crippen LogP contribution in [0, 0.1) is 5.92 Å². The summed E-state index contributed by atoms with van der Waals surface area (Å²) in [4.78, 5) is 31.3. The highest BCUT2D eigenvalue weighted by Gasteiger charge is 2.56. The first-order chi connectivity index (χ1) is 22.0. The Kier molecular flexibility index (Phi) is 9.06. The van der Waals surface area contributed by atoms with E-state index in [2.05, 4.69) is 4.90 Å². The van der Waals surface area contributed by atoms with Gasteiger partial charge in [-0.3, -0.25) is 14.5 Å². The fraction of sp³-hybridized carbons (Fsp3) is 0.543. The second kappa shape index (κ2) is 12.9. The Hall–Kier alpha value is -3.60. The summed E-state index contributed by atoms with van der Waals surface area (Å²) >= 11 is 0. The van der Waals surface area contributed by atoms with Crippen molar-refractivity contribution in [3.63, 3.8) is 0 Å². The second-order valence-corrected chi connectivity index (χ2v) is 13.1. The number of carboxylic acid groups (broad SMARTS) is 1. The number of hydrogen-bond donors (Lipinski definition) is 1. The summed E-state index contributed by atoms with van der Waals surface area (Å²) in [5.74, 6) is -2.05. The highest BCUT2D eigenvalue weighted by Crippen LogP contribution is 2.45. The number of benzene rings is 2. The van der Waals surface area contributed by atoms with Gasteiger partial charge in [0.05, 0.1) is 18.6 Å². The first-order valence-electron chi connectivity index (χ1n) is 16.2. The largest absolute Gasteiger partial charge is 0.497 e. The number of hydrogen-bond acceptors (Lipinski definition) is 5. The molecule has 0 aromatic heterocycles. The van der Waals surface area contributed by atoms with Crippen LogP contribution in [0.5, 0.6) is 5.75 Å². The number of carbonyl (C=O) groups is 2. The molecule has 2 atom stereocenters. The molecule has 4 aliphatic rings. The van der Waals surface area contributed by atoms with E-state index in [9.17, 15) is 27.9 Å². The number of halogens is 4. The number of amides is 1. The maximum Gasteiger partial charge on any atom is 0.416 e. The van der Waals surface area contributed by atoms with Crippen molar-refractivity contribution in [1.29, 1.82) is 0 Å². The van der Waals surface area contributed by atoms with Crippen LogP contribution < -0.4 is 9.64 Å². The Morgan fingerprint density at radius 2 is 1.67 bits per heavy atom. The number of ether oxygens (including phenoxy) is 1. The van der Waals surface area contributed by atoms with Crippen LogP contribution in [0.4, 0.5) is 23.2 Å². The van der Waals surface area contributed by atoms with Gasteiger partial charge in [0.1, 0.15) is 5.75 Å². The molecule has 0 bridgehead atoms. The van der Waals surface area contributed by atoms with E-state index < -0.39 is 41.1 Å². The summed E-state index contributed by atoms with van der Waals surface area (Å²) in [7, 11) is 1.57. The molecule has 6 rings (SSSR count). The minimum absolute atomic E-state index is 0.00674. The van der Waals surface area contributed by atoms with Gasteiger partial charge in [-0.05, 0) is 67.5 Å². The minimum Gasteiger partial charge on any atom is -0.497 e. The van der Waals surface area contributed by atoms with Gasteiger partial charge in [0.25, 0.3) is 5.91 Å². The van der Waals surface area contributed by atoms with Crippen LogP contribution in [-0.2, 0) is 15.8 Å². The Labute approximate surface area is 266 Å². The molecular weight excluding hydrogens is 602 g/mol. The van der Waals surface area contributed by atoms with Gasteiger partial charge in [0.15, 0.2) is 0 Å². The second-order valence-electron chi connectivity index (χ2n) is 13.1. The van der Waals surface area contributed by atoms with Gasteiger partial charge in [-0.1, -0.05) is 37.1 Å². The van der Waals surface area contributed by atoms with Gasteiger partial charge in [-0.15, -0.1) is 0 Å². The van der Waals surface area contributed by atoms with Gasteiger partial charge < -0.3 is 19.6 Å². The molecule has 1 saturated carbocycles. The van der Waals surface area contributed by atoms with Gasteiger partial charge in [-0.2, -0.15) is 13.2 Å². The van der Waals surface area contributed by atoms with Crippen molar-refractivity contribution in [3.05, 3.63) is 65.2 Å². The van der Waals surface area contributed by atoms with E-state index in [1.54, 1.807) is 24.1 Å². The molecule has 2 aromatic carbocycles. The molecule has 3 heterocycles. The Morgan fingerprint density at radius 1 is 0.978 bits per heavy atom. The minimum atomic E-state index is -4.56. The lowest BCUT2D eigenvalue weighted by Crippen LogP contribution is -2.52. The first kappa shape index (κ1) is 32.3. The van der Waals surface area contributed by atoms with Crippen LogP contribution in [-0.4, -0.2) is 84.9 Å². The van der Waals surface area contributed by atoms with Crippen molar-refractivity contribution in [3.8, 4) is 5.75 Å². The van der Waals surface area contributed by atoms with Crippen LogP contribution in [0.1, 0.15) is 67.6 Å². The van der Waals surface area contributed by atoms with Crippen LogP contribution >= 0.6 is 0 Å². The number of rotatable bonds is 7. The summed E-state index contributed by atoms with van der Waals surface area (Å²) in [6.45, 7) is 1.43. The van der Waals surface area contributed by atoms with Crippen LogP contribution in [0.3, 0.4) is 0 Å². The number of carboxylic acids is 1. The zero-order valence-corrected chi connectivity index (χ0v) is 26.1. The standard InChI is InChI=1S/C35H41F4N3O4/c1-46-28-11-8-23(9-12-28)30-21-42(27-6-2-3-7-27)22-34(30,36)33(45)41-16-4-5-25(20-41)29-13-10-26(35(37,38)39)19-31(29)40-17-14-24(15-18-40)32(43)44/h5,8-13,19,24,27,30H,2-4,6-7,14-18,20-22H2,1H3,(H,43,44)/t30-,34-/m0/s1. The average Bonchev–Trinajstić information content (AvgIpc) is 3.73. The summed E-state index contributed by atoms with van der Waals surface area (Å²) in [5, 5.41) is 9.44. The van der Waals surface area contributed by atoms with Crippen molar-refractivity contribution in [2.75, 3.05) is 51.3 Å². The van der Waals surface area contributed by atoms with E-state index in [1.165, 1.54) is 11.0 Å². The molecule has 0 radical (unpaired) electrons. The molecule has 7 nitrogen and oxygen atoms in total. The van der Waals surface area contributed by atoms with Gasteiger partial charge >= 0.3 is 12.1 Å². The normalized spacial score (nSPS) is 25.2. The zero-order chi connectivity index (χ0) is 32.6. The van der Waals surface area contributed by atoms with Crippen molar-refractivity contribution in [2.24, 2.45) is 5.92 Å². The number of likely N-dealkylation sites (tertiary alicyclic amines) is 1. The number of methoxy groups -OCH3 is 1. The van der Waals surface area contributed by atoms with E-state index in [0.717, 1.165) is 43.4 Å². The number of piperidine rings is 1. The van der Waals surface area contributed by atoms with Crippen LogP contribution in [0.2, 0.25) is 0 Å². The number of anilines is 1. The molecule has 11 heteroatoms. The van der Waals surface area contributed by atoms with Crippen molar-refractivity contribution in [2.45, 2.75) is 68.8 Å². The quantitative estimate of drug-likeness (QED) is 0.353. The summed E-state index contributed by atoms with van der Waals surface area (Å²) in [5.41, 5.74) is -0.643. The predicted molar refractivity (Wildman–Crippen MR) is 167 cm³/mol. The Bertz CT molecular complexity index is 1470. The maximum absolute atomic E-state index is 17.4. The zero-order valence-electron chi connectivity index (χ0n) is 26.1. The smallest absolute Gasteiger partial charge is 0.416 e. The lowest BCUT2D eigenvalue weighted by atomic mass is 9.84. The van der Waals surface area contributed by atoms with Crippen LogP contribution in [0.15, 0.2) is 48.5 Å². The first-order valence-corrected chi connectivity index (χ1v) is 16.2. The van der Waals surface area contributed by atoms with Gasteiger partial charge in [0.2, 0.25) is 5.67 Å². The van der Waals surface area contributed by atoms with Crippen molar-refractivity contribution in [1.82, 2.24) is 9.80 Å². The van der Waals surface area contributed by atoms with Crippen LogP contribution in [0.25, 0.3) is 5.57 Å². The third-order valence-corrected chi connectivity index (χ3v) is 10.4. The summed E-state index contributed by atoms with van der Waals surface area (Å²) in [6, 6.07) is 11.0. The van der Waals surface area contributed by atoms with Gasteiger partial charge in [0, 0.05) is 62.5 Å². The molecule has 1 N–H and O–H groups in total. The molecule has 2 aromatic rings. The fourth-order valence-electron chi connectivity index (χ4n) is 7.80. The third kappa shape index (κ3) is 6.35. The predicted octanol–water partition coefficient (Wildman–Crippen LogP) is 6.38. The molecule has 1 aliphatic carbocycles. The highest BCUT2D eigenvalue weighted by molar-refractivity contribution is 5.90. The van der Waals surface area contributed by atoms with E-state index >= 15 is 4.39 Å². The number of nitrogens with zero attached hydrogens (tertiary/aromatic N) is 3. The monoisotopic (exact) mass is 643 g/mol. The SMILES string of the molecule is COc1ccc([C@@H]2CN(C3CCCC3)C[C@@]2(F)C(=O)N2CCC=C(c3ccc(C(F)(F)F)cc3N3CCC(C(=O)O)CC3)C2)cc1. The summed E-state index contributed by atoms with van der Waals surface area (Å²) in [6.07, 6.45) is 2.60. The van der Waals surface area contributed by atoms with Crippen molar-refractivity contribution >= 4 is 23.1 Å². The fourth-order valence-corrected chi connectivity index (χ4v) is 7.80. The van der Waals surface area contributed by atoms with E-state index in [4.69, 9.17) is 4.74 Å². The summed E-state index contributed by atoms with van der Waals surface area (Å²) < 4.78 is 64.2. The molecular formula is C35H41F4N3O4. The number of alkyl halides is 4. The molecule has 0 unspecified atom stereocenters. The molecule has 3 aliphatic heterocycles. The molecule has 248 valence electrons. The average molecular weight is 644 g/mol. The van der Waals surface area contributed by atoms with Crippen molar-refractivity contribution < 1.29 is 37.0 Å². The highest BCUT2D eigenvalue weighted by atomic mass is 19.4. The van der Waals surface area contributed by atoms with E-state index in [0.29, 0.717) is 68.0 Å². The third-order valence-electron chi connectivity index (χ3n) is 10.4. The topological polar surface area (TPSA) is 73.3 Å². The number of carbonyl (C=O) groups excluding carboxylic acids is 1. The maximum atomic E-state index is 17.4. The Morgan fingerprint density at radius 3 is 2.30 bits per heavy atom. The molecule has 46 heavy (non-hydrogen) atoms. The molecule has 1 amide bonds. The van der Waals surface area contributed by atoms with Gasteiger partial charge in [-0.25, -0.2) is 4.39 Å². The lowest BCUT2D eigenvalue weighted by molar-refractivity contribution is -0.144. The Balaban J connectivity index is 1.28. The van der Waals surface area contributed by atoms with E-state index in [-0.39, 0.29) is 19.1 Å². The van der Waals surface area contributed by atoms with E-state index in [1.807, 2.05) is 18.2 Å². The number of aliphatic carboxylic acids is 1. The molecule has 2 saturated heterocycles. The lowest BCUT2D eigenvalue weighted by Gasteiger charge is -2.37. The molecule has 3 fully saturated rings.